The molecule has 2 aromatic carbocycles. The third-order valence-electron chi connectivity index (χ3n) is 3.12. The number of amides is 1. The van der Waals surface area contributed by atoms with Crippen LogP contribution in [0.1, 0.15) is 28.9 Å². The number of halogens is 2. The molecule has 0 heterocycles. The van der Waals surface area contributed by atoms with Crippen molar-refractivity contribution in [2.45, 2.75) is 13.0 Å². The molecule has 0 spiro atoms. The van der Waals surface area contributed by atoms with Crippen LogP contribution in [0.5, 0.6) is 0 Å². The molecule has 0 aliphatic carbocycles. The molecule has 4 N–H and O–H groups in total. The number of anilines is 1. The van der Waals surface area contributed by atoms with Crippen LogP contribution in [0.4, 0.5) is 14.5 Å². The summed E-state index contributed by atoms with van der Waals surface area (Å²) in [6.07, 6.45) is 0. The van der Waals surface area contributed by atoms with Crippen molar-refractivity contribution in [2.24, 2.45) is 5.84 Å². The van der Waals surface area contributed by atoms with Gasteiger partial charge in [0.1, 0.15) is 11.6 Å². The number of rotatable bonds is 4. The maximum atomic E-state index is 13.6. The number of para-hydroxylation sites is 1. The van der Waals surface area contributed by atoms with E-state index in [4.69, 9.17) is 5.84 Å². The quantitative estimate of drug-likeness (QED) is 0.599. The van der Waals surface area contributed by atoms with Gasteiger partial charge >= 0.3 is 0 Å². The van der Waals surface area contributed by atoms with Crippen LogP contribution in [0.2, 0.25) is 0 Å². The molecule has 0 saturated carbocycles. The van der Waals surface area contributed by atoms with E-state index in [2.05, 4.69) is 10.7 Å². The van der Waals surface area contributed by atoms with E-state index in [0.29, 0.717) is 0 Å². The smallest absolute Gasteiger partial charge is 0.254 e. The topological polar surface area (TPSA) is 67.2 Å². The van der Waals surface area contributed by atoms with Gasteiger partial charge in [-0.25, -0.2) is 8.78 Å². The van der Waals surface area contributed by atoms with Gasteiger partial charge in [-0.1, -0.05) is 18.2 Å². The highest BCUT2D eigenvalue weighted by Crippen LogP contribution is 2.20. The molecule has 0 radical (unpaired) electrons. The normalized spacial score (nSPS) is 11.8. The molecule has 6 heteroatoms. The number of benzene rings is 2. The summed E-state index contributed by atoms with van der Waals surface area (Å²) in [5, 5.41) is 2.71. The summed E-state index contributed by atoms with van der Waals surface area (Å²) in [6, 6.07) is 9.52. The van der Waals surface area contributed by atoms with E-state index in [-0.39, 0.29) is 23.1 Å². The van der Waals surface area contributed by atoms with Crippen molar-refractivity contribution in [3.63, 3.8) is 0 Å². The predicted octanol–water partition coefficient (Wildman–Crippen LogP) is 2.74. The summed E-state index contributed by atoms with van der Waals surface area (Å²) in [7, 11) is 0. The van der Waals surface area contributed by atoms with Gasteiger partial charge in [-0.05, 0) is 36.8 Å². The predicted molar refractivity (Wildman–Crippen MR) is 76.5 cm³/mol. The van der Waals surface area contributed by atoms with Gasteiger partial charge in [-0.2, -0.15) is 0 Å². The van der Waals surface area contributed by atoms with Crippen LogP contribution < -0.4 is 16.6 Å². The van der Waals surface area contributed by atoms with Gasteiger partial charge in [-0.3, -0.25) is 10.6 Å². The number of nitrogens with two attached hydrogens (primary N) is 1. The summed E-state index contributed by atoms with van der Waals surface area (Å²) in [4.78, 5) is 12.2. The van der Waals surface area contributed by atoms with E-state index in [1.54, 1.807) is 19.1 Å². The van der Waals surface area contributed by atoms with Crippen LogP contribution in [0, 0.1) is 11.6 Å². The van der Waals surface area contributed by atoms with Crippen molar-refractivity contribution in [1.82, 2.24) is 5.32 Å². The molecule has 0 bridgehead atoms. The van der Waals surface area contributed by atoms with Crippen molar-refractivity contribution in [3.8, 4) is 0 Å². The summed E-state index contributed by atoms with van der Waals surface area (Å²) in [6.45, 7) is 1.75. The van der Waals surface area contributed by atoms with E-state index in [9.17, 15) is 13.6 Å². The number of hydrogen-bond acceptors (Lipinski definition) is 3. The first kappa shape index (κ1) is 14.9. The molecule has 0 fully saturated rings. The average molecular weight is 291 g/mol. The minimum absolute atomic E-state index is 0.0682. The summed E-state index contributed by atoms with van der Waals surface area (Å²) >= 11 is 0. The van der Waals surface area contributed by atoms with Gasteiger partial charge in [0, 0.05) is 0 Å². The van der Waals surface area contributed by atoms with Crippen molar-refractivity contribution in [3.05, 3.63) is 65.2 Å². The van der Waals surface area contributed by atoms with Gasteiger partial charge < -0.3 is 10.7 Å². The SMILES string of the molecule is CC(NC(=O)c1cccc(F)c1NN)c1ccc(F)cc1. The molecular weight excluding hydrogens is 276 g/mol. The molecule has 1 amide bonds. The Morgan fingerprint density at radius 3 is 2.43 bits per heavy atom. The molecule has 0 aliphatic heterocycles. The molecular formula is C15H15F2N3O. The monoisotopic (exact) mass is 291 g/mol. The molecule has 0 saturated heterocycles. The second-order valence-corrected chi connectivity index (χ2v) is 4.55. The van der Waals surface area contributed by atoms with Crippen molar-refractivity contribution in [2.75, 3.05) is 5.43 Å². The Morgan fingerprint density at radius 1 is 1.14 bits per heavy atom. The second kappa shape index (κ2) is 6.32. The standard InChI is InChI=1S/C15H15F2N3O/c1-9(10-5-7-11(16)8-6-10)19-15(21)12-3-2-4-13(17)14(12)20-18/h2-9,20H,18H2,1H3,(H,19,21). The molecule has 110 valence electrons. The largest absolute Gasteiger partial charge is 0.345 e. The Bertz CT molecular complexity index is 644. The zero-order chi connectivity index (χ0) is 15.4. The Morgan fingerprint density at radius 2 is 1.81 bits per heavy atom. The first-order valence-electron chi connectivity index (χ1n) is 6.34. The molecule has 0 aliphatic rings. The molecule has 0 aromatic heterocycles. The van der Waals surface area contributed by atoms with Gasteiger partial charge in [0.15, 0.2) is 0 Å². The van der Waals surface area contributed by atoms with Gasteiger partial charge in [0.2, 0.25) is 0 Å². The fourth-order valence-corrected chi connectivity index (χ4v) is 1.97. The minimum atomic E-state index is -0.611. The van der Waals surface area contributed by atoms with Gasteiger partial charge in [0.25, 0.3) is 5.91 Å². The van der Waals surface area contributed by atoms with E-state index in [1.807, 2.05) is 0 Å². The van der Waals surface area contributed by atoms with E-state index >= 15 is 0 Å². The minimum Gasteiger partial charge on any atom is -0.345 e. The number of nitrogen functional groups attached to an aromatic ring is 1. The Balaban J connectivity index is 2.18. The lowest BCUT2D eigenvalue weighted by Crippen LogP contribution is -2.28. The zero-order valence-electron chi connectivity index (χ0n) is 11.4. The summed E-state index contributed by atoms with van der Waals surface area (Å²) in [5.41, 5.74) is 2.95. The molecule has 21 heavy (non-hydrogen) atoms. The molecule has 2 aromatic rings. The van der Waals surface area contributed by atoms with Gasteiger partial charge in [0.05, 0.1) is 17.3 Å². The van der Waals surface area contributed by atoms with Crippen molar-refractivity contribution < 1.29 is 13.6 Å². The molecule has 1 atom stereocenters. The zero-order valence-corrected chi connectivity index (χ0v) is 11.4. The highest BCUT2D eigenvalue weighted by Gasteiger charge is 2.17. The molecule has 4 nitrogen and oxygen atoms in total. The van der Waals surface area contributed by atoms with E-state index in [1.165, 1.54) is 30.3 Å². The number of carbonyl (C=O) groups is 1. The van der Waals surface area contributed by atoms with Crippen LogP contribution in [0.15, 0.2) is 42.5 Å². The highest BCUT2D eigenvalue weighted by atomic mass is 19.1. The van der Waals surface area contributed by atoms with Crippen LogP contribution >= 0.6 is 0 Å². The lowest BCUT2D eigenvalue weighted by atomic mass is 10.1. The highest BCUT2D eigenvalue weighted by molar-refractivity contribution is 5.99. The van der Waals surface area contributed by atoms with Crippen molar-refractivity contribution >= 4 is 11.6 Å². The first-order valence-corrected chi connectivity index (χ1v) is 6.34. The summed E-state index contributed by atoms with van der Waals surface area (Å²) in [5.74, 6) is 3.80. The van der Waals surface area contributed by atoms with Gasteiger partial charge in [-0.15, -0.1) is 0 Å². The fraction of sp³-hybridized carbons (Fsp3) is 0.133. The number of hydrogen-bond donors (Lipinski definition) is 3. The maximum Gasteiger partial charge on any atom is 0.254 e. The Labute approximate surface area is 120 Å². The Kier molecular flexibility index (Phi) is 4.49. The average Bonchev–Trinajstić information content (AvgIpc) is 2.47. The van der Waals surface area contributed by atoms with Crippen molar-refractivity contribution in [1.29, 1.82) is 0 Å². The third-order valence-corrected chi connectivity index (χ3v) is 3.12. The first-order chi connectivity index (χ1) is 10.0. The number of carbonyl (C=O) groups excluding carboxylic acids is 1. The lowest BCUT2D eigenvalue weighted by Gasteiger charge is -2.16. The van der Waals surface area contributed by atoms with Crippen LogP contribution in [0.3, 0.4) is 0 Å². The lowest BCUT2D eigenvalue weighted by molar-refractivity contribution is 0.0940. The third kappa shape index (κ3) is 3.35. The van der Waals surface area contributed by atoms with E-state index in [0.717, 1.165) is 5.56 Å². The Hall–Kier alpha value is -2.47. The number of nitrogens with one attached hydrogen (secondary N) is 2. The van der Waals surface area contributed by atoms with Crippen LogP contribution in [-0.4, -0.2) is 5.91 Å². The van der Waals surface area contributed by atoms with Crippen LogP contribution in [-0.2, 0) is 0 Å². The molecule has 1 unspecified atom stereocenters. The number of hydrazine groups is 1. The molecule has 2 rings (SSSR count). The fourth-order valence-electron chi connectivity index (χ4n) is 1.97. The maximum absolute atomic E-state index is 13.6. The summed E-state index contributed by atoms with van der Waals surface area (Å²) < 4.78 is 26.4. The van der Waals surface area contributed by atoms with E-state index < -0.39 is 11.7 Å². The second-order valence-electron chi connectivity index (χ2n) is 4.55. The van der Waals surface area contributed by atoms with Crippen LogP contribution in [0.25, 0.3) is 0 Å².